The van der Waals surface area contributed by atoms with Gasteiger partial charge in [0.25, 0.3) is 5.56 Å². The molecule has 0 radical (unpaired) electrons. The lowest BCUT2D eigenvalue weighted by atomic mass is 10.2. The van der Waals surface area contributed by atoms with E-state index in [0.717, 1.165) is 16.3 Å². The van der Waals surface area contributed by atoms with Gasteiger partial charge in [0.1, 0.15) is 5.69 Å². The van der Waals surface area contributed by atoms with E-state index in [1.807, 2.05) is 19.2 Å². The largest absolute Gasteiger partial charge is 0.337 e. The molecule has 22 heavy (non-hydrogen) atoms. The van der Waals surface area contributed by atoms with Crippen molar-refractivity contribution in [3.63, 3.8) is 0 Å². The number of nitrogens with one attached hydrogen (secondary N) is 2. The number of amides is 2. The summed E-state index contributed by atoms with van der Waals surface area (Å²) < 4.78 is 1.43. The first-order valence-corrected chi connectivity index (χ1v) is 7.89. The molecule has 2 aromatic rings. The zero-order valence-corrected chi connectivity index (χ0v) is 14.0. The Labute approximate surface area is 133 Å². The summed E-state index contributed by atoms with van der Waals surface area (Å²) in [6.07, 6.45) is 1.67. The van der Waals surface area contributed by atoms with Gasteiger partial charge in [-0.2, -0.15) is 0 Å². The van der Waals surface area contributed by atoms with Crippen LogP contribution in [0.4, 0.5) is 10.5 Å². The van der Waals surface area contributed by atoms with E-state index in [1.54, 1.807) is 37.6 Å². The first-order valence-electron chi connectivity index (χ1n) is 7.01. The maximum absolute atomic E-state index is 12.0. The Morgan fingerprint density at radius 2 is 2.18 bits per heavy atom. The molecule has 0 fully saturated rings. The van der Waals surface area contributed by atoms with Gasteiger partial charge in [-0.15, -0.1) is 11.3 Å². The van der Waals surface area contributed by atoms with E-state index in [1.165, 1.54) is 4.57 Å². The number of hydrogen-bond donors (Lipinski definition) is 2. The fraction of sp³-hybridized carbons (Fsp3) is 0.400. The van der Waals surface area contributed by atoms with E-state index in [9.17, 15) is 9.59 Å². The number of thiazole rings is 1. The summed E-state index contributed by atoms with van der Waals surface area (Å²) in [5, 5.41) is 8.39. The van der Waals surface area contributed by atoms with Crippen molar-refractivity contribution < 1.29 is 4.79 Å². The van der Waals surface area contributed by atoms with Gasteiger partial charge in [0.05, 0.1) is 5.01 Å². The number of rotatable bonds is 4. The van der Waals surface area contributed by atoms with Crippen LogP contribution in [0.5, 0.6) is 0 Å². The summed E-state index contributed by atoms with van der Waals surface area (Å²) in [7, 11) is 1.65. The molecule has 0 unspecified atom stereocenters. The molecule has 2 heterocycles. The summed E-state index contributed by atoms with van der Waals surface area (Å²) in [6.45, 7) is 6.20. The summed E-state index contributed by atoms with van der Waals surface area (Å²) in [5.74, 6) is 0.129. The van der Waals surface area contributed by atoms with E-state index in [2.05, 4.69) is 15.6 Å². The third kappa shape index (κ3) is 3.73. The van der Waals surface area contributed by atoms with E-state index >= 15 is 0 Å². The molecule has 0 aliphatic carbocycles. The van der Waals surface area contributed by atoms with Crippen molar-refractivity contribution in [1.29, 1.82) is 0 Å². The number of aryl methyl sites for hydroxylation is 3. The molecule has 7 heteroatoms. The molecule has 1 atom stereocenters. The average Bonchev–Trinajstić information content (AvgIpc) is 2.92. The standard InChI is InChI=1S/C15H20N4O2S/c1-9-5-6-19(4)14(20)12(9)18-15(21)16-7-10(2)13-17-11(3)8-22-13/h5-6,8,10H,7H2,1-4H3,(H2,16,18,21)/t10-/m0/s1. The van der Waals surface area contributed by atoms with Gasteiger partial charge in [-0.25, -0.2) is 9.78 Å². The quantitative estimate of drug-likeness (QED) is 0.908. The number of aromatic nitrogens is 2. The van der Waals surface area contributed by atoms with Crippen LogP contribution in [0.3, 0.4) is 0 Å². The van der Waals surface area contributed by atoms with Crippen LogP contribution >= 0.6 is 11.3 Å². The molecule has 0 saturated carbocycles. The van der Waals surface area contributed by atoms with Crippen molar-refractivity contribution in [2.24, 2.45) is 7.05 Å². The molecule has 0 saturated heterocycles. The Morgan fingerprint density at radius 3 is 2.82 bits per heavy atom. The molecule has 0 aliphatic rings. The lowest BCUT2D eigenvalue weighted by Crippen LogP contribution is -2.34. The summed E-state index contributed by atoms with van der Waals surface area (Å²) in [6, 6.07) is 1.41. The number of anilines is 1. The zero-order valence-electron chi connectivity index (χ0n) is 13.1. The van der Waals surface area contributed by atoms with Crippen molar-refractivity contribution in [2.45, 2.75) is 26.7 Å². The van der Waals surface area contributed by atoms with Crippen molar-refractivity contribution in [3.8, 4) is 0 Å². The molecule has 2 rings (SSSR count). The number of hydrogen-bond acceptors (Lipinski definition) is 4. The van der Waals surface area contributed by atoms with Crippen molar-refractivity contribution in [3.05, 3.63) is 44.3 Å². The lowest BCUT2D eigenvalue weighted by molar-refractivity contribution is 0.251. The van der Waals surface area contributed by atoms with Gasteiger partial charge in [0.2, 0.25) is 0 Å². The summed E-state index contributed by atoms with van der Waals surface area (Å²) >= 11 is 1.58. The number of nitrogens with zero attached hydrogens (tertiary/aromatic N) is 2. The molecule has 2 N–H and O–H groups in total. The smallest absolute Gasteiger partial charge is 0.319 e. The molecule has 118 valence electrons. The second kappa shape index (κ2) is 6.74. The second-order valence-corrected chi connectivity index (χ2v) is 6.24. The van der Waals surface area contributed by atoms with Crippen molar-refractivity contribution in [2.75, 3.05) is 11.9 Å². The van der Waals surface area contributed by atoms with Crippen LogP contribution in [0.15, 0.2) is 22.4 Å². The molecule has 6 nitrogen and oxygen atoms in total. The summed E-state index contributed by atoms with van der Waals surface area (Å²) in [4.78, 5) is 28.4. The van der Waals surface area contributed by atoms with Crippen LogP contribution in [0.1, 0.15) is 29.1 Å². The van der Waals surface area contributed by atoms with Crippen LogP contribution < -0.4 is 16.2 Å². The molecule has 0 bridgehead atoms. The predicted octanol–water partition coefficient (Wildman–Crippen LogP) is 2.38. The topological polar surface area (TPSA) is 76.0 Å². The highest BCUT2D eigenvalue weighted by molar-refractivity contribution is 7.09. The van der Waals surface area contributed by atoms with Gasteiger partial charge >= 0.3 is 6.03 Å². The van der Waals surface area contributed by atoms with Crippen molar-refractivity contribution in [1.82, 2.24) is 14.9 Å². The number of carbonyl (C=O) groups excluding carboxylic acids is 1. The molecule has 2 amide bonds. The molecular weight excluding hydrogens is 300 g/mol. The third-order valence-electron chi connectivity index (χ3n) is 3.34. The molecule has 2 aromatic heterocycles. The molecule has 0 spiro atoms. The van der Waals surface area contributed by atoms with Crippen LogP contribution in [-0.2, 0) is 7.05 Å². The van der Waals surface area contributed by atoms with Crippen LogP contribution in [-0.4, -0.2) is 22.1 Å². The minimum atomic E-state index is -0.383. The third-order valence-corrected chi connectivity index (χ3v) is 4.54. The Morgan fingerprint density at radius 1 is 1.45 bits per heavy atom. The van der Waals surface area contributed by atoms with Crippen LogP contribution in [0.25, 0.3) is 0 Å². The highest BCUT2D eigenvalue weighted by atomic mass is 32.1. The van der Waals surface area contributed by atoms with Gasteiger partial charge in [0, 0.05) is 36.8 Å². The number of pyridine rings is 1. The van der Waals surface area contributed by atoms with E-state index in [-0.39, 0.29) is 17.5 Å². The Hall–Kier alpha value is -2.15. The first-order chi connectivity index (χ1) is 10.4. The lowest BCUT2D eigenvalue weighted by Gasteiger charge is -2.12. The normalized spacial score (nSPS) is 12.0. The first kappa shape index (κ1) is 16.2. The maximum Gasteiger partial charge on any atom is 0.319 e. The van der Waals surface area contributed by atoms with Crippen LogP contribution in [0, 0.1) is 13.8 Å². The highest BCUT2D eigenvalue weighted by Crippen LogP contribution is 2.18. The maximum atomic E-state index is 12.0. The molecule has 0 aliphatic heterocycles. The minimum absolute atomic E-state index is 0.129. The monoisotopic (exact) mass is 320 g/mol. The molecule has 0 aromatic carbocycles. The molecular formula is C15H20N4O2S. The Balaban J connectivity index is 1.97. The van der Waals surface area contributed by atoms with Gasteiger partial charge < -0.3 is 15.2 Å². The van der Waals surface area contributed by atoms with Crippen LogP contribution in [0.2, 0.25) is 0 Å². The van der Waals surface area contributed by atoms with Gasteiger partial charge in [-0.3, -0.25) is 4.79 Å². The van der Waals surface area contributed by atoms with Gasteiger partial charge in [-0.05, 0) is 25.5 Å². The van der Waals surface area contributed by atoms with E-state index in [4.69, 9.17) is 0 Å². The number of urea groups is 1. The fourth-order valence-electron chi connectivity index (χ4n) is 1.96. The van der Waals surface area contributed by atoms with Gasteiger partial charge in [0.15, 0.2) is 0 Å². The Bertz CT molecular complexity index is 735. The van der Waals surface area contributed by atoms with Gasteiger partial charge in [-0.1, -0.05) is 6.92 Å². The van der Waals surface area contributed by atoms with E-state index < -0.39 is 0 Å². The summed E-state index contributed by atoms with van der Waals surface area (Å²) in [5.41, 5.74) is 1.81. The zero-order chi connectivity index (χ0) is 16.3. The number of carbonyl (C=O) groups is 1. The predicted molar refractivity (Wildman–Crippen MR) is 88.7 cm³/mol. The Kier molecular flexibility index (Phi) is 4.97. The average molecular weight is 320 g/mol. The van der Waals surface area contributed by atoms with E-state index in [0.29, 0.717) is 12.2 Å². The fourth-order valence-corrected chi connectivity index (χ4v) is 2.82. The highest BCUT2D eigenvalue weighted by Gasteiger charge is 2.13. The minimum Gasteiger partial charge on any atom is -0.337 e. The second-order valence-electron chi connectivity index (χ2n) is 5.35. The van der Waals surface area contributed by atoms with Crippen molar-refractivity contribution >= 4 is 23.1 Å². The SMILES string of the molecule is Cc1csc([C@@H](C)CNC(=O)Nc2c(C)ccn(C)c2=O)n1.